The Morgan fingerprint density at radius 2 is 1.66 bits per heavy atom. The normalized spacial score (nSPS) is 16.3. The van der Waals surface area contributed by atoms with E-state index in [2.05, 4.69) is 0 Å². The van der Waals surface area contributed by atoms with Gasteiger partial charge in [0.05, 0.1) is 4.90 Å². The van der Waals surface area contributed by atoms with Crippen LogP contribution in [0.2, 0.25) is 10.0 Å². The number of aromatic carboxylic acids is 1. The summed E-state index contributed by atoms with van der Waals surface area (Å²) in [4.78, 5) is 12.3. The largest absolute Gasteiger partial charge is 0.477 e. The highest BCUT2D eigenvalue weighted by Gasteiger charge is 2.33. The van der Waals surface area contributed by atoms with Crippen LogP contribution >= 0.6 is 34.5 Å². The van der Waals surface area contributed by atoms with E-state index in [1.54, 1.807) is 24.3 Å². The third-order valence-corrected chi connectivity index (χ3v) is 8.77. The molecule has 0 bridgehead atoms. The molecule has 0 saturated carbocycles. The smallest absolute Gasteiger partial charge is 0.346 e. The molecule has 1 aliphatic heterocycles. The SMILES string of the molecule is O=C(O)c1sc2ccc(Cl)cc2c1C1CCN(S(=O)(=O)c2ccc(Cl)cc2)CC1. The third kappa shape index (κ3) is 3.90. The molecule has 0 aliphatic carbocycles. The second-order valence-corrected chi connectivity index (χ2v) is 10.8. The van der Waals surface area contributed by atoms with Gasteiger partial charge in [-0.05, 0) is 72.2 Å². The van der Waals surface area contributed by atoms with Crippen molar-refractivity contribution in [3.8, 4) is 0 Å². The number of nitrogens with zero attached hydrogens (tertiary/aromatic N) is 1. The van der Waals surface area contributed by atoms with Crippen LogP contribution in [-0.2, 0) is 10.0 Å². The summed E-state index contributed by atoms with van der Waals surface area (Å²) in [7, 11) is -3.61. The lowest BCUT2D eigenvalue weighted by molar-refractivity contribution is 0.0700. The van der Waals surface area contributed by atoms with Gasteiger partial charge in [-0.2, -0.15) is 4.31 Å². The summed E-state index contributed by atoms with van der Waals surface area (Å²) < 4.78 is 28.1. The Morgan fingerprint density at radius 1 is 1.03 bits per heavy atom. The van der Waals surface area contributed by atoms with E-state index in [9.17, 15) is 18.3 Å². The van der Waals surface area contributed by atoms with Crippen LogP contribution in [0.3, 0.4) is 0 Å². The molecule has 0 spiro atoms. The Morgan fingerprint density at radius 3 is 2.28 bits per heavy atom. The number of thiophene rings is 1. The highest BCUT2D eigenvalue weighted by atomic mass is 35.5. The first kappa shape index (κ1) is 20.6. The maximum atomic E-state index is 12.9. The molecule has 0 amide bonds. The van der Waals surface area contributed by atoms with Crippen molar-refractivity contribution < 1.29 is 18.3 Å². The van der Waals surface area contributed by atoms with Gasteiger partial charge >= 0.3 is 5.97 Å². The van der Waals surface area contributed by atoms with Gasteiger partial charge in [0.15, 0.2) is 0 Å². The molecule has 1 fully saturated rings. The fourth-order valence-electron chi connectivity index (χ4n) is 3.79. The van der Waals surface area contributed by atoms with Gasteiger partial charge in [0.1, 0.15) is 4.88 Å². The van der Waals surface area contributed by atoms with Crippen molar-refractivity contribution in [3.05, 3.63) is 63.0 Å². The molecule has 9 heteroatoms. The first-order chi connectivity index (χ1) is 13.8. The van der Waals surface area contributed by atoms with E-state index in [-0.39, 0.29) is 10.8 Å². The molecule has 4 rings (SSSR count). The summed E-state index contributed by atoms with van der Waals surface area (Å²) in [5, 5.41) is 11.6. The molecule has 5 nitrogen and oxygen atoms in total. The Kier molecular flexibility index (Phi) is 5.61. The van der Waals surface area contributed by atoms with Crippen molar-refractivity contribution in [1.82, 2.24) is 4.31 Å². The molecule has 2 heterocycles. The van der Waals surface area contributed by atoms with Crippen molar-refractivity contribution in [1.29, 1.82) is 0 Å². The molecule has 1 N–H and O–H groups in total. The van der Waals surface area contributed by atoms with Gasteiger partial charge in [0.25, 0.3) is 0 Å². The highest BCUT2D eigenvalue weighted by molar-refractivity contribution is 7.89. The molecular weight excluding hydrogens is 453 g/mol. The topological polar surface area (TPSA) is 74.7 Å². The molecule has 1 aliphatic rings. The standard InChI is InChI=1S/C20H17Cl2NO4S2/c21-13-1-4-15(5-2-13)29(26,27)23-9-7-12(8-10-23)18-16-11-14(22)3-6-17(16)28-19(18)20(24)25/h1-6,11-12H,7-10H2,(H,24,25). The number of carbonyl (C=O) groups is 1. The molecule has 0 atom stereocenters. The fourth-order valence-corrected chi connectivity index (χ4v) is 6.67. The number of fused-ring (bicyclic) bond motifs is 1. The molecule has 1 aromatic heterocycles. The molecule has 3 aromatic rings. The lowest BCUT2D eigenvalue weighted by Gasteiger charge is -2.31. The number of hydrogen-bond donors (Lipinski definition) is 1. The molecular formula is C20H17Cl2NO4S2. The number of hydrogen-bond acceptors (Lipinski definition) is 4. The summed E-state index contributed by atoms with van der Waals surface area (Å²) in [6.07, 6.45) is 1.09. The molecule has 0 unspecified atom stereocenters. The van der Waals surface area contributed by atoms with Gasteiger partial charge in [-0.3, -0.25) is 0 Å². The van der Waals surface area contributed by atoms with Gasteiger partial charge in [0, 0.05) is 27.8 Å². The molecule has 1 saturated heterocycles. The average Bonchev–Trinajstić information content (AvgIpc) is 3.07. The summed E-state index contributed by atoms with van der Waals surface area (Å²) in [6.45, 7) is 0.652. The Bertz CT molecular complexity index is 1180. The Balaban J connectivity index is 1.62. The highest BCUT2D eigenvalue weighted by Crippen LogP contribution is 2.42. The zero-order valence-electron chi connectivity index (χ0n) is 15.1. The predicted octanol–water partition coefficient (Wildman–Crippen LogP) is 5.47. The minimum absolute atomic E-state index is 0.0371. The zero-order valence-corrected chi connectivity index (χ0v) is 18.3. The maximum Gasteiger partial charge on any atom is 0.346 e. The quantitative estimate of drug-likeness (QED) is 0.549. The van der Waals surface area contributed by atoms with Crippen LogP contribution in [0.5, 0.6) is 0 Å². The minimum atomic E-state index is -3.61. The monoisotopic (exact) mass is 469 g/mol. The molecule has 29 heavy (non-hydrogen) atoms. The van der Waals surface area contributed by atoms with E-state index < -0.39 is 16.0 Å². The van der Waals surface area contributed by atoms with Gasteiger partial charge in [-0.15, -0.1) is 11.3 Å². The van der Waals surface area contributed by atoms with Gasteiger partial charge in [-0.25, -0.2) is 13.2 Å². The van der Waals surface area contributed by atoms with Gasteiger partial charge < -0.3 is 5.11 Å². The van der Waals surface area contributed by atoms with Crippen LogP contribution < -0.4 is 0 Å². The molecule has 152 valence electrons. The third-order valence-electron chi connectivity index (χ3n) is 5.20. The van der Waals surface area contributed by atoms with Crippen LogP contribution in [0, 0.1) is 0 Å². The second kappa shape index (κ2) is 7.89. The Labute approximate surface area is 182 Å². The second-order valence-electron chi connectivity index (χ2n) is 6.92. The summed E-state index contributed by atoms with van der Waals surface area (Å²) in [5.74, 6) is -1.00. The van der Waals surface area contributed by atoms with Crippen LogP contribution in [0.4, 0.5) is 0 Å². The summed E-state index contributed by atoms with van der Waals surface area (Å²) in [6, 6.07) is 11.5. The minimum Gasteiger partial charge on any atom is -0.477 e. The molecule has 2 aromatic carbocycles. The first-order valence-electron chi connectivity index (χ1n) is 8.98. The van der Waals surface area contributed by atoms with E-state index in [1.807, 2.05) is 6.07 Å². The summed E-state index contributed by atoms with van der Waals surface area (Å²) in [5.41, 5.74) is 0.767. The van der Waals surface area contributed by atoms with Gasteiger partial charge in [-0.1, -0.05) is 23.2 Å². The van der Waals surface area contributed by atoms with E-state index in [0.717, 1.165) is 15.6 Å². The molecule has 0 radical (unpaired) electrons. The number of halogens is 2. The van der Waals surface area contributed by atoms with E-state index in [1.165, 1.54) is 27.8 Å². The van der Waals surface area contributed by atoms with Crippen molar-refractivity contribution in [3.63, 3.8) is 0 Å². The number of carboxylic acid groups (broad SMARTS) is 1. The number of sulfonamides is 1. The van der Waals surface area contributed by atoms with Gasteiger partial charge in [0.2, 0.25) is 10.0 Å². The number of piperidine rings is 1. The van der Waals surface area contributed by atoms with Crippen LogP contribution in [0.1, 0.15) is 34.0 Å². The van der Waals surface area contributed by atoms with Crippen LogP contribution in [-0.4, -0.2) is 36.9 Å². The van der Waals surface area contributed by atoms with Crippen molar-refractivity contribution >= 4 is 60.6 Å². The van der Waals surface area contributed by atoms with Crippen molar-refractivity contribution in [2.75, 3.05) is 13.1 Å². The number of carboxylic acids is 1. The van der Waals surface area contributed by atoms with E-state index >= 15 is 0 Å². The zero-order chi connectivity index (χ0) is 20.8. The summed E-state index contributed by atoms with van der Waals surface area (Å²) >= 11 is 13.2. The maximum absolute atomic E-state index is 12.9. The van der Waals surface area contributed by atoms with E-state index in [0.29, 0.717) is 40.9 Å². The average molecular weight is 470 g/mol. The van der Waals surface area contributed by atoms with Crippen LogP contribution in [0.25, 0.3) is 10.1 Å². The predicted molar refractivity (Wildman–Crippen MR) is 116 cm³/mol. The lowest BCUT2D eigenvalue weighted by atomic mass is 9.88. The lowest BCUT2D eigenvalue weighted by Crippen LogP contribution is -2.38. The Hall–Kier alpha value is -1.64. The van der Waals surface area contributed by atoms with Crippen LogP contribution in [0.15, 0.2) is 47.4 Å². The first-order valence-corrected chi connectivity index (χ1v) is 12.0. The van der Waals surface area contributed by atoms with E-state index in [4.69, 9.17) is 23.2 Å². The number of benzene rings is 2. The van der Waals surface area contributed by atoms with Crippen molar-refractivity contribution in [2.24, 2.45) is 0 Å². The number of rotatable bonds is 4. The van der Waals surface area contributed by atoms with Crippen molar-refractivity contribution in [2.45, 2.75) is 23.7 Å². The fraction of sp³-hybridized carbons (Fsp3) is 0.250.